The first kappa shape index (κ1) is 16.3. The quantitative estimate of drug-likeness (QED) is 0.765. The summed E-state index contributed by atoms with van der Waals surface area (Å²) in [4.78, 5) is 30.7. The van der Waals surface area contributed by atoms with Crippen LogP contribution in [0.3, 0.4) is 0 Å². The number of likely N-dealkylation sites (N-methyl/N-ethyl adjacent to an activating group) is 1. The molecule has 0 aromatic rings. The highest BCUT2D eigenvalue weighted by Crippen LogP contribution is 2.27. The van der Waals surface area contributed by atoms with Crippen molar-refractivity contribution in [1.29, 1.82) is 0 Å². The molecule has 0 unspecified atom stereocenters. The lowest BCUT2D eigenvalue weighted by molar-refractivity contribution is -0.146. The average molecular weight is 295 g/mol. The molecule has 1 aliphatic carbocycles. The molecule has 1 atom stereocenters. The zero-order valence-corrected chi connectivity index (χ0v) is 13.7. The minimum absolute atomic E-state index is 0.100. The van der Waals surface area contributed by atoms with Gasteiger partial charge in [-0.25, -0.2) is 0 Å². The van der Waals surface area contributed by atoms with Crippen molar-refractivity contribution in [3.8, 4) is 0 Å². The van der Waals surface area contributed by atoms with Gasteiger partial charge in [0.25, 0.3) is 0 Å². The van der Waals surface area contributed by atoms with E-state index in [2.05, 4.69) is 9.80 Å². The fraction of sp³-hybridized carbons (Fsp3) is 0.875. The van der Waals surface area contributed by atoms with Gasteiger partial charge in [0, 0.05) is 45.1 Å². The first-order valence-electron chi connectivity index (χ1n) is 8.18. The van der Waals surface area contributed by atoms with Gasteiger partial charge in [-0.05, 0) is 33.4 Å². The molecule has 2 aliphatic rings. The average Bonchev–Trinajstić information content (AvgIpc) is 2.95. The van der Waals surface area contributed by atoms with E-state index in [4.69, 9.17) is 0 Å². The minimum atomic E-state index is -0.100. The van der Waals surface area contributed by atoms with Gasteiger partial charge in [0.15, 0.2) is 0 Å². The Bertz CT molecular complexity index is 378. The molecule has 0 spiro atoms. The van der Waals surface area contributed by atoms with E-state index in [0.29, 0.717) is 19.0 Å². The maximum Gasteiger partial charge on any atom is 0.226 e. The predicted molar refractivity (Wildman–Crippen MR) is 82.9 cm³/mol. The van der Waals surface area contributed by atoms with Crippen LogP contribution < -0.4 is 0 Å². The Kier molecular flexibility index (Phi) is 5.62. The van der Waals surface area contributed by atoms with Crippen LogP contribution in [0.25, 0.3) is 0 Å². The van der Waals surface area contributed by atoms with Crippen LogP contribution in [0.15, 0.2) is 0 Å². The molecule has 5 nitrogen and oxygen atoms in total. The maximum absolute atomic E-state index is 12.9. The van der Waals surface area contributed by atoms with E-state index in [1.165, 1.54) is 12.8 Å². The monoisotopic (exact) mass is 295 g/mol. The van der Waals surface area contributed by atoms with Crippen LogP contribution >= 0.6 is 0 Å². The SMILES string of the molecule is CN(C)CCN(C(=O)[C@@H]1CCN(C)C(=O)C1)C1CCCC1. The Morgan fingerprint density at radius 1 is 1.19 bits per heavy atom. The van der Waals surface area contributed by atoms with Gasteiger partial charge in [0.1, 0.15) is 0 Å². The third-order valence-corrected chi connectivity index (χ3v) is 4.85. The number of nitrogens with zero attached hydrogens (tertiary/aromatic N) is 3. The topological polar surface area (TPSA) is 43.9 Å². The first-order valence-corrected chi connectivity index (χ1v) is 8.18. The highest BCUT2D eigenvalue weighted by molar-refractivity contribution is 5.87. The number of hydrogen-bond acceptors (Lipinski definition) is 3. The van der Waals surface area contributed by atoms with E-state index >= 15 is 0 Å². The van der Waals surface area contributed by atoms with Gasteiger partial charge in [-0.1, -0.05) is 12.8 Å². The van der Waals surface area contributed by atoms with Gasteiger partial charge in [-0.15, -0.1) is 0 Å². The Morgan fingerprint density at radius 2 is 1.86 bits per heavy atom. The number of likely N-dealkylation sites (tertiary alicyclic amines) is 1. The molecule has 1 saturated heterocycles. The predicted octanol–water partition coefficient (Wildman–Crippen LogP) is 1.19. The lowest BCUT2D eigenvalue weighted by Crippen LogP contribution is -2.48. The van der Waals surface area contributed by atoms with Gasteiger partial charge in [0.05, 0.1) is 0 Å². The Hall–Kier alpha value is -1.10. The van der Waals surface area contributed by atoms with E-state index in [0.717, 1.165) is 32.4 Å². The number of rotatable bonds is 5. The highest BCUT2D eigenvalue weighted by atomic mass is 16.2. The van der Waals surface area contributed by atoms with Crippen molar-refractivity contribution in [2.45, 2.75) is 44.6 Å². The highest BCUT2D eigenvalue weighted by Gasteiger charge is 2.35. The molecule has 1 saturated carbocycles. The molecule has 2 rings (SSSR count). The Morgan fingerprint density at radius 3 is 2.43 bits per heavy atom. The number of carbonyl (C=O) groups is 2. The van der Waals surface area contributed by atoms with Gasteiger partial charge < -0.3 is 14.7 Å². The summed E-state index contributed by atoms with van der Waals surface area (Å²) in [6.45, 7) is 2.39. The molecule has 1 heterocycles. The van der Waals surface area contributed by atoms with E-state index < -0.39 is 0 Å². The zero-order chi connectivity index (χ0) is 15.4. The van der Waals surface area contributed by atoms with Crippen LogP contribution in [0.1, 0.15) is 38.5 Å². The lowest BCUT2D eigenvalue weighted by atomic mass is 9.94. The molecule has 0 radical (unpaired) electrons. The lowest BCUT2D eigenvalue weighted by Gasteiger charge is -2.36. The molecule has 0 aromatic heterocycles. The van der Waals surface area contributed by atoms with Gasteiger partial charge in [-0.3, -0.25) is 9.59 Å². The fourth-order valence-corrected chi connectivity index (χ4v) is 3.38. The molecule has 120 valence electrons. The fourth-order valence-electron chi connectivity index (χ4n) is 3.38. The van der Waals surface area contributed by atoms with Crippen LogP contribution in [-0.4, -0.2) is 73.3 Å². The molecule has 2 fully saturated rings. The van der Waals surface area contributed by atoms with Crippen LogP contribution in [0, 0.1) is 5.92 Å². The normalized spacial score (nSPS) is 23.9. The molecule has 0 bridgehead atoms. The third kappa shape index (κ3) is 4.19. The van der Waals surface area contributed by atoms with Crippen molar-refractivity contribution < 1.29 is 9.59 Å². The maximum atomic E-state index is 12.9. The number of carbonyl (C=O) groups excluding carboxylic acids is 2. The van der Waals surface area contributed by atoms with E-state index in [-0.39, 0.29) is 17.7 Å². The summed E-state index contributed by atoms with van der Waals surface area (Å²) in [5.74, 6) is 0.222. The number of amides is 2. The molecule has 2 amide bonds. The van der Waals surface area contributed by atoms with Crippen LogP contribution in [-0.2, 0) is 9.59 Å². The summed E-state index contributed by atoms with van der Waals surface area (Å²) in [5.41, 5.74) is 0. The number of hydrogen-bond donors (Lipinski definition) is 0. The third-order valence-electron chi connectivity index (χ3n) is 4.85. The van der Waals surface area contributed by atoms with E-state index in [9.17, 15) is 9.59 Å². The van der Waals surface area contributed by atoms with Crippen molar-refractivity contribution in [2.24, 2.45) is 5.92 Å². The van der Waals surface area contributed by atoms with Gasteiger partial charge in [-0.2, -0.15) is 0 Å². The molecule has 21 heavy (non-hydrogen) atoms. The molecule has 0 aromatic carbocycles. The summed E-state index contributed by atoms with van der Waals surface area (Å²) in [6.07, 6.45) is 5.90. The van der Waals surface area contributed by atoms with Crippen LogP contribution in [0.4, 0.5) is 0 Å². The van der Waals surface area contributed by atoms with Gasteiger partial charge >= 0.3 is 0 Å². The molecule has 1 aliphatic heterocycles. The largest absolute Gasteiger partial charge is 0.346 e. The molecule has 0 N–H and O–H groups in total. The summed E-state index contributed by atoms with van der Waals surface area (Å²) < 4.78 is 0. The molecular weight excluding hydrogens is 266 g/mol. The Labute approximate surface area is 128 Å². The van der Waals surface area contributed by atoms with Crippen LogP contribution in [0.5, 0.6) is 0 Å². The first-order chi connectivity index (χ1) is 9.99. The van der Waals surface area contributed by atoms with Crippen molar-refractivity contribution in [1.82, 2.24) is 14.7 Å². The number of piperidine rings is 1. The standard InChI is InChI=1S/C16H29N3O2/c1-17(2)10-11-19(14-6-4-5-7-14)16(21)13-8-9-18(3)15(20)12-13/h13-14H,4-12H2,1-3H3/t13-/m1/s1. The summed E-state index contributed by atoms with van der Waals surface area (Å²) in [6, 6.07) is 0.396. The Balaban J connectivity index is 2.00. The van der Waals surface area contributed by atoms with Crippen molar-refractivity contribution in [3.05, 3.63) is 0 Å². The summed E-state index contributed by atoms with van der Waals surface area (Å²) in [5, 5.41) is 0. The van der Waals surface area contributed by atoms with E-state index in [1.807, 2.05) is 21.1 Å². The van der Waals surface area contributed by atoms with Crippen molar-refractivity contribution >= 4 is 11.8 Å². The van der Waals surface area contributed by atoms with Crippen LogP contribution in [0.2, 0.25) is 0 Å². The van der Waals surface area contributed by atoms with Crippen molar-refractivity contribution in [3.63, 3.8) is 0 Å². The second-order valence-electron chi connectivity index (χ2n) is 6.78. The van der Waals surface area contributed by atoms with E-state index in [1.54, 1.807) is 4.90 Å². The van der Waals surface area contributed by atoms with Crippen molar-refractivity contribution in [2.75, 3.05) is 40.8 Å². The summed E-state index contributed by atoms with van der Waals surface area (Å²) >= 11 is 0. The zero-order valence-electron chi connectivity index (χ0n) is 13.7. The second kappa shape index (κ2) is 7.25. The molecular formula is C16H29N3O2. The summed E-state index contributed by atoms with van der Waals surface area (Å²) in [7, 11) is 5.90. The minimum Gasteiger partial charge on any atom is -0.346 e. The smallest absolute Gasteiger partial charge is 0.226 e. The van der Waals surface area contributed by atoms with Gasteiger partial charge in [0.2, 0.25) is 11.8 Å². The second-order valence-corrected chi connectivity index (χ2v) is 6.78. The molecule has 5 heteroatoms.